The number of hydrogen-bond donors (Lipinski definition) is 2. The lowest BCUT2D eigenvalue weighted by atomic mass is 10.2. The molecule has 0 aliphatic carbocycles. The number of halogens is 1. The van der Waals surface area contributed by atoms with Gasteiger partial charge < -0.3 is 4.74 Å². The van der Waals surface area contributed by atoms with E-state index < -0.39 is 11.8 Å². The Hall–Kier alpha value is -3.11. The van der Waals surface area contributed by atoms with Crippen molar-refractivity contribution >= 4 is 35.2 Å². The van der Waals surface area contributed by atoms with Crippen LogP contribution in [-0.4, -0.2) is 44.9 Å². The van der Waals surface area contributed by atoms with Gasteiger partial charge in [-0.05, 0) is 59.0 Å². The maximum atomic E-state index is 12.0. The van der Waals surface area contributed by atoms with Gasteiger partial charge in [-0.25, -0.2) is 0 Å². The van der Waals surface area contributed by atoms with E-state index in [1.807, 2.05) is 0 Å². The number of carbonyl (C=O) groups is 2. The molecule has 0 aliphatic heterocycles. The zero-order valence-electron chi connectivity index (χ0n) is 14.6. The van der Waals surface area contributed by atoms with E-state index >= 15 is 0 Å². The van der Waals surface area contributed by atoms with Crippen molar-refractivity contribution in [1.82, 2.24) is 31.1 Å². The molecule has 3 aromatic rings. The van der Waals surface area contributed by atoms with E-state index in [0.717, 1.165) is 17.4 Å². The van der Waals surface area contributed by atoms with Crippen molar-refractivity contribution in [3.8, 4) is 11.4 Å². The Labute approximate surface area is 169 Å². The van der Waals surface area contributed by atoms with Crippen LogP contribution in [0.5, 0.6) is 5.75 Å². The highest BCUT2D eigenvalue weighted by molar-refractivity contribution is 7.99. The molecule has 1 aromatic heterocycles. The van der Waals surface area contributed by atoms with Crippen LogP contribution in [0.15, 0.2) is 53.7 Å². The van der Waals surface area contributed by atoms with Crippen LogP contribution in [-0.2, 0) is 4.79 Å². The summed E-state index contributed by atoms with van der Waals surface area (Å²) < 4.78 is 6.62. The molecule has 2 amide bonds. The molecule has 3 rings (SSSR count). The van der Waals surface area contributed by atoms with Crippen LogP contribution >= 0.6 is 23.4 Å². The Morgan fingerprint density at radius 2 is 1.82 bits per heavy atom. The maximum absolute atomic E-state index is 12.0. The number of nitrogens with zero attached hydrogens (tertiary/aromatic N) is 4. The lowest BCUT2D eigenvalue weighted by Gasteiger charge is -2.08. The molecule has 28 heavy (non-hydrogen) atoms. The lowest BCUT2D eigenvalue weighted by Crippen LogP contribution is -2.42. The summed E-state index contributed by atoms with van der Waals surface area (Å²) in [6.45, 7) is 0. The number of nitrogens with one attached hydrogen (secondary N) is 2. The molecule has 0 aliphatic rings. The number of aromatic nitrogens is 4. The van der Waals surface area contributed by atoms with E-state index in [0.29, 0.717) is 21.5 Å². The fourth-order valence-electron chi connectivity index (χ4n) is 2.12. The third-order valence-electron chi connectivity index (χ3n) is 3.51. The average Bonchev–Trinajstić information content (AvgIpc) is 3.19. The highest BCUT2D eigenvalue weighted by atomic mass is 35.5. The van der Waals surface area contributed by atoms with Crippen molar-refractivity contribution in [1.29, 1.82) is 0 Å². The van der Waals surface area contributed by atoms with E-state index in [4.69, 9.17) is 16.3 Å². The van der Waals surface area contributed by atoms with Crippen LogP contribution in [0.2, 0.25) is 5.02 Å². The Morgan fingerprint density at radius 3 is 2.50 bits per heavy atom. The normalized spacial score (nSPS) is 10.4. The number of methoxy groups -OCH3 is 1. The first-order chi connectivity index (χ1) is 13.6. The minimum Gasteiger partial charge on any atom is -0.497 e. The summed E-state index contributed by atoms with van der Waals surface area (Å²) in [7, 11) is 1.58. The molecular weight excluding hydrogens is 404 g/mol. The minimum atomic E-state index is -0.446. The highest BCUT2D eigenvalue weighted by Crippen LogP contribution is 2.20. The van der Waals surface area contributed by atoms with Crippen molar-refractivity contribution in [3.05, 3.63) is 59.1 Å². The molecule has 0 saturated heterocycles. The quantitative estimate of drug-likeness (QED) is 0.464. The van der Waals surface area contributed by atoms with E-state index in [1.54, 1.807) is 55.6 Å². The van der Waals surface area contributed by atoms with E-state index in [9.17, 15) is 9.59 Å². The van der Waals surface area contributed by atoms with Crippen LogP contribution in [0.1, 0.15) is 10.4 Å². The van der Waals surface area contributed by atoms with Crippen LogP contribution < -0.4 is 15.6 Å². The summed E-state index contributed by atoms with van der Waals surface area (Å²) in [5, 5.41) is 12.4. The Morgan fingerprint density at radius 1 is 1.11 bits per heavy atom. The van der Waals surface area contributed by atoms with Crippen molar-refractivity contribution in [3.63, 3.8) is 0 Å². The first-order valence-corrected chi connectivity index (χ1v) is 9.33. The summed E-state index contributed by atoms with van der Waals surface area (Å²) in [6, 6.07) is 13.5. The standard InChI is InChI=1S/C17H15ClN6O3S/c1-27-14-8-6-13(7-9-14)24-17(21-22-23-24)28-10-15(25)19-20-16(26)11-2-4-12(18)5-3-11/h2-9H,10H2,1H3,(H,19,25)(H,20,26). The third kappa shape index (κ3) is 4.99. The molecule has 0 radical (unpaired) electrons. The fourth-order valence-corrected chi connectivity index (χ4v) is 2.94. The number of carbonyl (C=O) groups excluding carboxylic acids is 2. The van der Waals surface area contributed by atoms with Crippen LogP contribution in [0.3, 0.4) is 0 Å². The molecule has 2 N–H and O–H groups in total. The third-order valence-corrected chi connectivity index (χ3v) is 4.68. The zero-order valence-corrected chi connectivity index (χ0v) is 16.2. The van der Waals surface area contributed by atoms with Gasteiger partial charge in [0.2, 0.25) is 11.1 Å². The van der Waals surface area contributed by atoms with Gasteiger partial charge in [0.1, 0.15) is 5.75 Å². The molecular formula is C17H15ClN6O3S. The molecule has 11 heteroatoms. The van der Waals surface area contributed by atoms with Crippen molar-refractivity contribution in [2.75, 3.05) is 12.9 Å². The Balaban J connectivity index is 1.53. The van der Waals surface area contributed by atoms with Gasteiger partial charge in [0.25, 0.3) is 5.91 Å². The van der Waals surface area contributed by atoms with Gasteiger partial charge in [-0.1, -0.05) is 23.4 Å². The summed E-state index contributed by atoms with van der Waals surface area (Å²) in [4.78, 5) is 24.0. The van der Waals surface area contributed by atoms with Crippen molar-refractivity contribution in [2.45, 2.75) is 5.16 Å². The van der Waals surface area contributed by atoms with Gasteiger partial charge in [0.05, 0.1) is 18.6 Å². The first kappa shape index (κ1) is 19.6. The first-order valence-electron chi connectivity index (χ1n) is 7.97. The number of rotatable bonds is 6. The number of ether oxygens (including phenoxy) is 1. The van der Waals surface area contributed by atoms with Gasteiger partial charge in [-0.2, -0.15) is 4.68 Å². The molecule has 0 atom stereocenters. The molecule has 144 valence electrons. The van der Waals surface area contributed by atoms with Gasteiger partial charge >= 0.3 is 0 Å². The van der Waals surface area contributed by atoms with Gasteiger partial charge in [0, 0.05) is 10.6 Å². The number of amides is 2. The second kappa shape index (κ2) is 9.20. The minimum absolute atomic E-state index is 0.0113. The number of hydrogen-bond acceptors (Lipinski definition) is 7. The molecule has 0 fully saturated rings. The van der Waals surface area contributed by atoms with Crippen LogP contribution in [0, 0.1) is 0 Å². The predicted octanol–water partition coefficient (Wildman–Crippen LogP) is 1.88. The lowest BCUT2D eigenvalue weighted by molar-refractivity contribution is -0.119. The van der Waals surface area contributed by atoms with Crippen LogP contribution in [0.25, 0.3) is 5.69 Å². The van der Waals surface area contributed by atoms with Crippen molar-refractivity contribution in [2.24, 2.45) is 0 Å². The highest BCUT2D eigenvalue weighted by Gasteiger charge is 2.13. The van der Waals surface area contributed by atoms with Crippen molar-refractivity contribution < 1.29 is 14.3 Å². The SMILES string of the molecule is COc1ccc(-n2nnnc2SCC(=O)NNC(=O)c2ccc(Cl)cc2)cc1. The monoisotopic (exact) mass is 418 g/mol. The number of benzene rings is 2. The summed E-state index contributed by atoms with van der Waals surface area (Å²) >= 11 is 6.91. The van der Waals surface area contributed by atoms with Gasteiger partial charge in [-0.15, -0.1) is 5.10 Å². The van der Waals surface area contributed by atoms with E-state index in [-0.39, 0.29) is 5.75 Å². The number of tetrazole rings is 1. The summed E-state index contributed by atoms with van der Waals surface area (Å²) in [5.74, 6) is -0.131. The summed E-state index contributed by atoms with van der Waals surface area (Å²) in [6.07, 6.45) is 0. The summed E-state index contributed by atoms with van der Waals surface area (Å²) in [5.41, 5.74) is 5.79. The van der Waals surface area contributed by atoms with Gasteiger partial charge in [0.15, 0.2) is 0 Å². The molecule has 1 heterocycles. The molecule has 0 saturated carbocycles. The Kier molecular flexibility index (Phi) is 6.45. The van der Waals surface area contributed by atoms with Crippen LogP contribution in [0.4, 0.5) is 0 Å². The Bertz CT molecular complexity index is 962. The second-order valence-corrected chi connectivity index (χ2v) is 6.75. The van der Waals surface area contributed by atoms with Gasteiger partial charge in [-0.3, -0.25) is 20.4 Å². The molecule has 0 spiro atoms. The molecule has 9 nitrogen and oxygen atoms in total. The molecule has 0 unspecified atom stereocenters. The average molecular weight is 419 g/mol. The predicted molar refractivity (Wildman–Crippen MR) is 103 cm³/mol. The maximum Gasteiger partial charge on any atom is 0.269 e. The molecule has 0 bridgehead atoms. The van der Waals surface area contributed by atoms with E-state index in [2.05, 4.69) is 26.4 Å². The number of thioether (sulfide) groups is 1. The molecule has 2 aromatic carbocycles. The zero-order chi connectivity index (χ0) is 19.9. The van der Waals surface area contributed by atoms with E-state index in [1.165, 1.54) is 4.68 Å². The fraction of sp³-hybridized carbons (Fsp3) is 0.118. The largest absolute Gasteiger partial charge is 0.497 e. The topological polar surface area (TPSA) is 111 Å². The number of hydrazine groups is 1. The second-order valence-electron chi connectivity index (χ2n) is 5.37. The smallest absolute Gasteiger partial charge is 0.269 e.